The van der Waals surface area contributed by atoms with Gasteiger partial charge >= 0.3 is 5.97 Å². The summed E-state index contributed by atoms with van der Waals surface area (Å²) in [5.41, 5.74) is 4.52. The molecule has 1 aliphatic rings. The normalized spacial score (nSPS) is 14.1. The summed E-state index contributed by atoms with van der Waals surface area (Å²) in [4.78, 5) is 33.5. The fraction of sp³-hybridized carbons (Fsp3) is 0.250. The molecule has 2 aromatic heterocycles. The van der Waals surface area contributed by atoms with Crippen molar-refractivity contribution in [3.63, 3.8) is 0 Å². The van der Waals surface area contributed by atoms with Crippen molar-refractivity contribution < 1.29 is 14.7 Å². The highest BCUT2D eigenvalue weighted by molar-refractivity contribution is 5.98. The number of hydrogen-bond acceptors (Lipinski definition) is 3. The van der Waals surface area contributed by atoms with Crippen molar-refractivity contribution in [3.05, 3.63) is 64.6 Å². The zero-order valence-electron chi connectivity index (χ0n) is 14.5. The molecule has 1 aliphatic heterocycles. The fourth-order valence-electron chi connectivity index (χ4n) is 3.60. The van der Waals surface area contributed by atoms with Gasteiger partial charge in [-0.25, -0.2) is 4.79 Å². The van der Waals surface area contributed by atoms with Gasteiger partial charge in [-0.2, -0.15) is 0 Å². The number of aryl methyl sites for hydroxylation is 1. The number of carbonyl (C=O) groups excluding carboxylic acids is 1. The van der Waals surface area contributed by atoms with Crippen molar-refractivity contribution in [2.75, 3.05) is 13.1 Å². The molecule has 0 spiro atoms. The molecule has 0 fully saturated rings. The molecule has 0 bridgehead atoms. The number of rotatable bonds is 2. The molecule has 0 saturated carbocycles. The Labute approximate surface area is 150 Å². The van der Waals surface area contributed by atoms with E-state index >= 15 is 0 Å². The summed E-state index contributed by atoms with van der Waals surface area (Å²) in [6, 6.07) is 9.63. The van der Waals surface area contributed by atoms with Crippen molar-refractivity contribution in [2.24, 2.45) is 0 Å². The Morgan fingerprint density at radius 2 is 1.96 bits per heavy atom. The molecule has 3 aromatic rings. The molecule has 1 amide bonds. The molecular formula is C20H19N3O3. The minimum Gasteiger partial charge on any atom is -0.478 e. The van der Waals surface area contributed by atoms with E-state index in [2.05, 4.69) is 22.1 Å². The number of nitrogens with one attached hydrogen (secondary N) is 1. The standard InChI is InChI=1S/C20H19N3O3/c1-12-16(10-13(11-21-12)20(25)26)19(24)23-8-6-15-14-4-2-3-5-17(14)22-18(15)7-9-23/h2-5,10-11,22H,6-9H2,1H3,(H,25,26). The zero-order valence-corrected chi connectivity index (χ0v) is 14.5. The molecule has 6 nitrogen and oxygen atoms in total. The van der Waals surface area contributed by atoms with Gasteiger partial charge in [0, 0.05) is 42.3 Å². The average molecular weight is 349 g/mol. The number of carboxylic acid groups (broad SMARTS) is 1. The van der Waals surface area contributed by atoms with Crippen LogP contribution >= 0.6 is 0 Å². The third kappa shape index (κ3) is 2.73. The highest BCUT2D eigenvalue weighted by Crippen LogP contribution is 2.26. The van der Waals surface area contributed by atoms with Crippen LogP contribution in [0.2, 0.25) is 0 Å². The lowest BCUT2D eigenvalue weighted by atomic mass is 10.1. The van der Waals surface area contributed by atoms with Crippen LogP contribution in [0.4, 0.5) is 0 Å². The fourth-order valence-corrected chi connectivity index (χ4v) is 3.60. The summed E-state index contributed by atoms with van der Waals surface area (Å²) in [7, 11) is 0. The summed E-state index contributed by atoms with van der Waals surface area (Å²) in [6.45, 7) is 2.92. The Morgan fingerprint density at radius 1 is 1.19 bits per heavy atom. The molecule has 0 radical (unpaired) electrons. The predicted octanol–water partition coefficient (Wildman–Crippen LogP) is 2.81. The first-order valence-electron chi connectivity index (χ1n) is 8.62. The number of nitrogens with zero attached hydrogens (tertiary/aromatic N) is 2. The number of aromatic amines is 1. The van der Waals surface area contributed by atoms with Crippen LogP contribution < -0.4 is 0 Å². The average Bonchev–Trinajstić information content (AvgIpc) is 2.85. The highest BCUT2D eigenvalue weighted by Gasteiger charge is 2.24. The third-order valence-electron chi connectivity index (χ3n) is 5.02. The van der Waals surface area contributed by atoms with E-state index in [-0.39, 0.29) is 11.5 Å². The second kappa shape index (κ2) is 6.29. The Hall–Kier alpha value is -3.15. The highest BCUT2D eigenvalue weighted by atomic mass is 16.4. The topological polar surface area (TPSA) is 86.3 Å². The van der Waals surface area contributed by atoms with Crippen molar-refractivity contribution in [3.8, 4) is 0 Å². The number of H-pyrrole nitrogens is 1. The number of pyridine rings is 1. The number of aromatic nitrogens is 2. The number of carboxylic acids is 1. The molecule has 2 N–H and O–H groups in total. The van der Waals surface area contributed by atoms with Crippen LogP contribution in [-0.4, -0.2) is 44.9 Å². The Morgan fingerprint density at radius 3 is 2.77 bits per heavy atom. The van der Waals surface area contributed by atoms with Gasteiger partial charge in [0.05, 0.1) is 16.8 Å². The molecule has 0 aliphatic carbocycles. The van der Waals surface area contributed by atoms with Gasteiger partial charge in [0.15, 0.2) is 0 Å². The van der Waals surface area contributed by atoms with Crippen molar-refractivity contribution in [2.45, 2.75) is 19.8 Å². The third-order valence-corrected chi connectivity index (χ3v) is 5.02. The summed E-state index contributed by atoms with van der Waals surface area (Å²) < 4.78 is 0. The van der Waals surface area contributed by atoms with E-state index in [0.717, 1.165) is 18.4 Å². The van der Waals surface area contributed by atoms with Gasteiger partial charge in [-0.1, -0.05) is 18.2 Å². The van der Waals surface area contributed by atoms with Gasteiger partial charge < -0.3 is 15.0 Å². The monoisotopic (exact) mass is 349 g/mol. The van der Waals surface area contributed by atoms with Crippen LogP contribution in [-0.2, 0) is 12.8 Å². The van der Waals surface area contributed by atoms with Gasteiger partial charge in [0.2, 0.25) is 0 Å². The van der Waals surface area contributed by atoms with E-state index in [1.165, 1.54) is 28.9 Å². The summed E-state index contributed by atoms with van der Waals surface area (Å²) in [5, 5.41) is 10.4. The van der Waals surface area contributed by atoms with Crippen LogP contribution in [0.3, 0.4) is 0 Å². The first-order valence-corrected chi connectivity index (χ1v) is 8.62. The van der Waals surface area contributed by atoms with Crippen LogP contribution in [0.1, 0.15) is 37.7 Å². The maximum Gasteiger partial charge on any atom is 0.337 e. The number of fused-ring (bicyclic) bond motifs is 3. The zero-order chi connectivity index (χ0) is 18.3. The number of benzene rings is 1. The largest absolute Gasteiger partial charge is 0.478 e. The first-order chi connectivity index (χ1) is 12.5. The van der Waals surface area contributed by atoms with E-state index in [9.17, 15) is 9.59 Å². The molecule has 26 heavy (non-hydrogen) atoms. The summed E-state index contributed by atoms with van der Waals surface area (Å²) >= 11 is 0. The van der Waals surface area contributed by atoms with Crippen LogP contribution in [0.25, 0.3) is 10.9 Å². The smallest absolute Gasteiger partial charge is 0.337 e. The van der Waals surface area contributed by atoms with Crippen molar-refractivity contribution in [1.29, 1.82) is 0 Å². The molecule has 1 aromatic carbocycles. The quantitative estimate of drug-likeness (QED) is 0.745. The van der Waals surface area contributed by atoms with E-state index < -0.39 is 5.97 Å². The molecule has 4 rings (SSSR count). The Bertz CT molecular complexity index is 1020. The van der Waals surface area contributed by atoms with Gasteiger partial charge in [0.25, 0.3) is 5.91 Å². The van der Waals surface area contributed by atoms with Gasteiger partial charge in [0.1, 0.15) is 0 Å². The molecule has 132 valence electrons. The van der Waals surface area contributed by atoms with Gasteiger partial charge in [-0.05, 0) is 31.0 Å². The molecule has 0 unspecified atom stereocenters. The Balaban J connectivity index is 1.61. The van der Waals surface area contributed by atoms with Crippen LogP contribution in [0.15, 0.2) is 36.5 Å². The molecule has 0 saturated heterocycles. The van der Waals surface area contributed by atoms with Crippen LogP contribution in [0, 0.1) is 6.92 Å². The van der Waals surface area contributed by atoms with E-state index in [4.69, 9.17) is 5.11 Å². The first kappa shape index (κ1) is 16.3. The van der Waals surface area contributed by atoms with Gasteiger partial charge in [-0.15, -0.1) is 0 Å². The van der Waals surface area contributed by atoms with Crippen molar-refractivity contribution >= 4 is 22.8 Å². The lowest BCUT2D eigenvalue weighted by Gasteiger charge is -2.21. The number of carbonyl (C=O) groups is 2. The number of hydrogen-bond donors (Lipinski definition) is 2. The number of amides is 1. The molecule has 0 atom stereocenters. The lowest BCUT2D eigenvalue weighted by Crippen LogP contribution is -2.34. The van der Waals surface area contributed by atoms with E-state index in [1.807, 2.05) is 12.1 Å². The SMILES string of the molecule is Cc1ncc(C(=O)O)cc1C(=O)N1CCc2[nH]c3ccccc3c2CC1. The molecule has 6 heteroatoms. The van der Waals surface area contributed by atoms with Crippen LogP contribution in [0.5, 0.6) is 0 Å². The minimum absolute atomic E-state index is 0.0324. The van der Waals surface area contributed by atoms with Gasteiger partial charge in [-0.3, -0.25) is 9.78 Å². The number of para-hydroxylation sites is 1. The maximum absolute atomic E-state index is 13.0. The lowest BCUT2D eigenvalue weighted by molar-refractivity contribution is 0.0696. The predicted molar refractivity (Wildman–Crippen MR) is 97.5 cm³/mol. The molecular weight excluding hydrogens is 330 g/mol. The van der Waals surface area contributed by atoms with E-state index in [0.29, 0.717) is 24.3 Å². The second-order valence-corrected chi connectivity index (χ2v) is 6.58. The number of aromatic carboxylic acids is 1. The Kier molecular flexibility index (Phi) is 3.95. The summed E-state index contributed by atoms with van der Waals surface area (Å²) in [5.74, 6) is -1.24. The minimum atomic E-state index is -1.08. The molecule has 3 heterocycles. The van der Waals surface area contributed by atoms with E-state index in [1.54, 1.807) is 11.8 Å². The summed E-state index contributed by atoms with van der Waals surface area (Å²) in [6.07, 6.45) is 2.81. The van der Waals surface area contributed by atoms with Crippen molar-refractivity contribution in [1.82, 2.24) is 14.9 Å². The second-order valence-electron chi connectivity index (χ2n) is 6.58. The maximum atomic E-state index is 13.0.